The lowest BCUT2D eigenvalue weighted by atomic mass is 10.1. The molecule has 1 aliphatic carbocycles. The molecule has 0 aliphatic heterocycles. The monoisotopic (exact) mass is 619 g/mol. The Labute approximate surface area is 250 Å². The van der Waals surface area contributed by atoms with Crippen LogP contribution < -0.4 is 9.62 Å². The van der Waals surface area contributed by atoms with Crippen LogP contribution in [0, 0.1) is 12.7 Å². The molecule has 0 unspecified atom stereocenters. The zero-order chi connectivity index (χ0) is 29.7. The third kappa shape index (κ3) is 7.39. The molecule has 1 saturated carbocycles. The number of rotatable bonds is 10. The maximum Gasteiger partial charge on any atom is 0.264 e. The molecule has 1 N–H and O–H groups in total. The maximum atomic E-state index is 14.0. The third-order valence-corrected chi connectivity index (χ3v) is 9.81. The van der Waals surface area contributed by atoms with Crippen molar-refractivity contribution in [3.8, 4) is 0 Å². The normalized spacial score (nSPS) is 14.5. The van der Waals surface area contributed by atoms with E-state index >= 15 is 0 Å². The van der Waals surface area contributed by atoms with Crippen molar-refractivity contribution >= 4 is 50.7 Å². The fraction of sp³-hybridized carbons (Fsp3) is 0.333. The largest absolute Gasteiger partial charge is 0.352 e. The van der Waals surface area contributed by atoms with Crippen LogP contribution in [0.2, 0.25) is 10.0 Å². The van der Waals surface area contributed by atoms with E-state index in [4.69, 9.17) is 23.2 Å². The molecule has 1 aliphatic rings. The SMILES string of the molecule is Cc1ccc(S(=O)(=O)N(CC(=O)N(Cc2ccc(F)cc2)[C@H](C)C(=O)NC2CCCC2)c2cccc(Cl)c2Cl)cc1. The van der Waals surface area contributed by atoms with E-state index < -0.39 is 34.3 Å². The average Bonchev–Trinajstić information content (AvgIpc) is 3.46. The minimum atomic E-state index is -4.29. The summed E-state index contributed by atoms with van der Waals surface area (Å²) in [6.45, 7) is 2.73. The number of benzene rings is 3. The molecular weight excluding hydrogens is 588 g/mol. The molecule has 1 atom stereocenters. The second-order valence-corrected chi connectivity index (χ2v) is 12.9. The van der Waals surface area contributed by atoms with Gasteiger partial charge in [-0.25, -0.2) is 12.8 Å². The molecule has 2 amide bonds. The Balaban J connectivity index is 1.71. The molecule has 0 bridgehead atoms. The van der Waals surface area contributed by atoms with E-state index in [1.165, 1.54) is 53.4 Å². The fourth-order valence-corrected chi connectivity index (χ4v) is 6.67. The molecule has 218 valence electrons. The van der Waals surface area contributed by atoms with Gasteiger partial charge in [0.25, 0.3) is 10.0 Å². The maximum absolute atomic E-state index is 14.0. The van der Waals surface area contributed by atoms with Crippen LogP contribution in [-0.2, 0) is 26.2 Å². The molecule has 0 radical (unpaired) electrons. The summed E-state index contributed by atoms with van der Waals surface area (Å²) in [4.78, 5) is 28.5. The number of amides is 2. The van der Waals surface area contributed by atoms with Gasteiger partial charge in [0, 0.05) is 12.6 Å². The smallest absolute Gasteiger partial charge is 0.264 e. The van der Waals surface area contributed by atoms with Crippen molar-refractivity contribution < 1.29 is 22.4 Å². The number of hydrogen-bond acceptors (Lipinski definition) is 4. The molecule has 11 heteroatoms. The van der Waals surface area contributed by atoms with Crippen molar-refractivity contribution in [2.45, 2.75) is 63.1 Å². The summed E-state index contributed by atoms with van der Waals surface area (Å²) >= 11 is 12.7. The lowest BCUT2D eigenvalue weighted by Gasteiger charge is -2.32. The minimum Gasteiger partial charge on any atom is -0.352 e. The van der Waals surface area contributed by atoms with E-state index in [9.17, 15) is 22.4 Å². The summed E-state index contributed by atoms with van der Waals surface area (Å²) in [6.07, 6.45) is 3.76. The van der Waals surface area contributed by atoms with Gasteiger partial charge in [-0.1, -0.05) is 71.9 Å². The van der Waals surface area contributed by atoms with Crippen LogP contribution in [0.25, 0.3) is 0 Å². The van der Waals surface area contributed by atoms with Crippen LogP contribution in [0.3, 0.4) is 0 Å². The summed E-state index contributed by atoms with van der Waals surface area (Å²) in [7, 11) is -4.29. The molecule has 3 aromatic carbocycles. The van der Waals surface area contributed by atoms with E-state index in [1.54, 1.807) is 25.1 Å². The zero-order valence-corrected chi connectivity index (χ0v) is 25.1. The van der Waals surface area contributed by atoms with Gasteiger partial charge in [0.05, 0.1) is 20.6 Å². The van der Waals surface area contributed by atoms with Crippen LogP contribution in [0.1, 0.15) is 43.7 Å². The van der Waals surface area contributed by atoms with Crippen molar-refractivity contribution in [2.75, 3.05) is 10.8 Å². The predicted molar refractivity (Wildman–Crippen MR) is 159 cm³/mol. The van der Waals surface area contributed by atoms with Crippen molar-refractivity contribution in [3.63, 3.8) is 0 Å². The van der Waals surface area contributed by atoms with Gasteiger partial charge in [-0.3, -0.25) is 13.9 Å². The lowest BCUT2D eigenvalue weighted by molar-refractivity contribution is -0.139. The Hall–Kier alpha value is -3.14. The number of aryl methyl sites for hydroxylation is 1. The first-order valence-electron chi connectivity index (χ1n) is 13.3. The quantitative estimate of drug-likeness (QED) is 0.296. The molecule has 0 heterocycles. The molecule has 3 aromatic rings. The molecule has 0 spiro atoms. The molecule has 0 saturated heterocycles. The summed E-state index contributed by atoms with van der Waals surface area (Å²) in [5, 5.41) is 3.09. The van der Waals surface area contributed by atoms with Crippen LogP contribution in [0.15, 0.2) is 71.6 Å². The highest BCUT2D eigenvalue weighted by molar-refractivity contribution is 7.92. The van der Waals surface area contributed by atoms with Crippen LogP contribution >= 0.6 is 23.2 Å². The van der Waals surface area contributed by atoms with Gasteiger partial charge in [-0.2, -0.15) is 0 Å². The van der Waals surface area contributed by atoms with Gasteiger partial charge >= 0.3 is 0 Å². The van der Waals surface area contributed by atoms with Gasteiger partial charge in [-0.15, -0.1) is 0 Å². The second kappa shape index (κ2) is 13.2. The predicted octanol–water partition coefficient (Wildman–Crippen LogP) is 6.11. The van der Waals surface area contributed by atoms with Crippen molar-refractivity contribution in [1.29, 1.82) is 0 Å². The Morgan fingerprint density at radius 1 is 1.00 bits per heavy atom. The Morgan fingerprint density at radius 3 is 2.27 bits per heavy atom. The molecule has 7 nitrogen and oxygen atoms in total. The molecule has 41 heavy (non-hydrogen) atoms. The van der Waals surface area contributed by atoms with Crippen LogP contribution in [0.4, 0.5) is 10.1 Å². The van der Waals surface area contributed by atoms with Gasteiger partial charge in [0.2, 0.25) is 11.8 Å². The Bertz CT molecular complexity index is 1500. The van der Waals surface area contributed by atoms with Gasteiger partial charge in [-0.05, 0) is 68.7 Å². The number of nitrogens with zero attached hydrogens (tertiary/aromatic N) is 2. The van der Waals surface area contributed by atoms with Crippen LogP contribution in [0.5, 0.6) is 0 Å². The summed E-state index contributed by atoms with van der Waals surface area (Å²) < 4.78 is 42.4. The highest BCUT2D eigenvalue weighted by Gasteiger charge is 2.34. The molecule has 1 fully saturated rings. The average molecular weight is 621 g/mol. The number of sulfonamides is 1. The van der Waals surface area contributed by atoms with Crippen molar-refractivity contribution in [2.24, 2.45) is 0 Å². The highest BCUT2D eigenvalue weighted by atomic mass is 35.5. The van der Waals surface area contributed by atoms with Crippen molar-refractivity contribution in [1.82, 2.24) is 10.2 Å². The first-order chi connectivity index (χ1) is 19.5. The summed E-state index contributed by atoms with van der Waals surface area (Å²) in [6, 6.07) is 15.4. The van der Waals surface area contributed by atoms with Gasteiger partial charge < -0.3 is 10.2 Å². The molecule has 4 rings (SSSR count). The number of nitrogens with one attached hydrogen (secondary N) is 1. The number of anilines is 1. The lowest BCUT2D eigenvalue weighted by Crippen LogP contribution is -2.52. The number of hydrogen-bond donors (Lipinski definition) is 1. The van der Waals surface area contributed by atoms with E-state index in [2.05, 4.69) is 5.32 Å². The first kappa shape index (κ1) is 30.8. The summed E-state index contributed by atoms with van der Waals surface area (Å²) in [5.41, 5.74) is 1.46. The first-order valence-corrected chi connectivity index (χ1v) is 15.5. The van der Waals surface area contributed by atoms with Gasteiger partial charge in [0.15, 0.2) is 0 Å². The minimum absolute atomic E-state index is 0.0244. The number of halogens is 3. The number of carbonyl (C=O) groups is 2. The van der Waals surface area contributed by atoms with E-state index in [-0.39, 0.29) is 39.1 Å². The van der Waals surface area contributed by atoms with E-state index in [1.807, 2.05) is 6.92 Å². The van der Waals surface area contributed by atoms with Crippen LogP contribution in [-0.4, -0.2) is 43.8 Å². The number of carbonyl (C=O) groups excluding carboxylic acids is 2. The van der Waals surface area contributed by atoms with Gasteiger partial charge in [0.1, 0.15) is 18.4 Å². The zero-order valence-electron chi connectivity index (χ0n) is 22.8. The second-order valence-electron chi connectivity index (χ2n) is 10.2. The topological polar surface area (TPSA) is 86.8 Å². The summed E-state index contributed by atoms with van der Waals surface area (Å²) in [5.74, 6) is -1.43. The van der Waals surface area contributed by atoms with E-state index in [0.717, 1.165) is 35.6 Å². The Kier molecular flexibility index (Phi) is 9.94. The molecular formula is C30H32Cl2FN3O4S. The highest BCUT2D eigenvalue weighted by Crippen LogP contribution is 2.35. The Morgan fingerprint density at radius 2 is 1.63 bits per heavy atom. The fourth-order valence-electron chi connectivity index (χ4n) is 4.80. The van der Waals surface area contributed by atoms with E-state index in [0.29, 0.717) is 5.56 Å². The van der Waals surface area contributed by atoms with Crippen molar-refractivity contribution in [3.05, 3.63) is 93.7 Å². The third-order valence-electron chi connectivity index (χ3n) is 7.22. The molecule has 0 aromatic heterocycles. The standard InChI is InChI=1S/C30H32Cl2FN3O4S/c1-20-10-16-25(17-11-20)41(39,40)36(27-9-5-8-26(31)29(27)32)19-28(37)35(18-22-12-14-23(33)15-13-22)21(2)30(38)34-24-6-3-4-7-24/h5,8-17,21,24H,3-4,6-7,18-19H2,1-2H3,(H,34,38)/t21-/m1/s1.